The van der Waals surface area contributed by atoms with Crippen molar-refractivity contribution in [2.24, 2.45) is 5.41 Å². The maximum absolute atomic E-state index is 6.12. The molecule has 0 aromatic heterocycles. The molecule has 0 bridgehead atoms. The first kappa shape index (κ1) is 11.3. The first-order valence-electron chi connectivity index (χ1n) is 5.55. The van der Waals surface area contributed by atoms with Crippen molar-refractivity contribution in [1.29, 1.82) is 0 Å². The summed E-state index contributed by atoms with van der Waals surface area (Å²) in [6.45, 7) is 0. The number of halogens is 2. The van der Waals surface area contributed by atoms with Gasteiger partial charge in [-0.05, 0) is 42.4 Å². The lowest BCUT2D eigenvalue weighted by molar-refractivity contribution is 0.341. The maximum Gasteiger partial charge on any atom is 0.0406 e. The van der Waals surface area contributed by atoms with E-state index < -0.39 is 0 Å². The number of hydrogen-bond acceptors (Lipinski definition) is 0. The summed E-state index contributed by atoms with van der Waals surface area (Å²) in [5.74, 6) is 0.787. The Kier molecular flexibility index (Phi) is 3.58. The minimum Gasteiger partial charge on any atom is -0.126 e. The highest BCUT2D eigenvalue weighted by molar-refractivity contribution is 6.30. The molecule has 2 heteroatoms. The van der Waals surface area contributed by atoms with Gasteiger partial charge in [0.1, 0.15) is 0 Å². The molecule has 1 aliphatic carbocycles. The van der Waals surface area contributed by atoms with Gasteiger partial charge in [-0.25, -0.2) is 0 Å². The van der Waals surface area contributed by atoms with Crippen molar-refractivity contribution in [1.82, 2.24) is 0 Å². The fourth-order valence-electron chi connectivity index (χ4n) is 2.52. The molecule has 15 heavy (non-hydrogen) atoms. The fourth-order valence-corrected chi connectivity index (χ4v) is 3.01. The lowest BCUT2D eigenvalue weighted by Gasteiger charge is -2.26. The van der Waals surface area contributed by atoms with E-state index in [1.54, 1.807) is 0 Å². The van der Waals surface area contributed by atoms with E-state index >= 15 is 0 Å². The van der Waals surface area contributed by atoms with Gasteiger partial charge in [0, 0.05) is 10.9 Å². The Hall–Kier alpha value is -0.200. The second-order valence-corrected chi connectivity index (χ2v) is 5.35. The van der Waals surface area contributed by atoms with Crippen LogP contribution in [0.25, 0.3) is 0 Å². The summed E-state index contributed by atoms with van der Waals surface area (Å²) < 4.78 is 0. The first-order valence-corrected chi connectivity index (χ1v) is 6.46. The van der Waals surface area contributed by atoms with Crippen molar-refractivity contribution in [3.8, 4) is 0 Å². The molecule has 0 saturated heterocycles. The molecule has 0 radical (unpaired) electrons. The summed E-state index contributed by atoms with van der Waals surface area (Å²) in [6, 6.07) is 8.17. The second kappa shape index (κ2) is 4.76. The normalized spacial score (nSPS) is 19.3. The largest absolute Gasteiger partial charge is 0.126 e. The van der Waals surface area contributed by atoms with Crippen LogP contribution in [-0.2, 0) is 6.42 Å². The second-order valence-electron chi connectivity index (χ2n) is 4.64. The van der Waals surface area contributed by atoms with Crippen LogP contribution in [0.3, 0.4) is 0 Å². The lowest BCUT2D eigenvalue weighted by atomic mass is 9.82. The molecule has 0 spiro atoms. The van der Waals surface area contributed by atoms with Crippen molar-refractivity contribution in [2.45, 2.75) is 32.1 Å². The molecule has 1 aromatic rings. The number of rotatable bonds is 3. The van der Waals surface area contributed by atoms with Gasteiger partial charge in [-0.2, -0.15) is 0 Å². The van der Waals surface area contributed by atoms with E-state index in [0.29, 0.717) is 5.41 Å². The smallest absolute Gasteiger partial charge is 0.0406 e. The number of hydrogen-bond donors (Lipinski definition) is 0. The summed E-state index contributed by atoms with van der Waals surface area (Å²) in [6.07, 6.45) is 6.33. The van der Waals surface area contributed by atoms with Gasteiger partial charge in [0.25, 0.3) is 0 Å². The van der Waals surface area contributed by atoms with Crippen molar-refractivity contribution in [2.75, 3.05) is 5.88 Å². The van der Waals surface area contributed by atoms with Crippen LogP contribution >= 0.6 is 23.2 Å². The Morgan fingerprint density at radius 2 is 1.67 bits per heavy atom. The molecule has 0 amide bonds. The summed E-state index contributed by atoms with van der Waals surface area (Å²) in [5, 5.41) is 0.810. The van der Waals surface area contributed by atoms with Gasteiger partial charge in [-0.15, -0.1) is 11.6 Å². The third-order valence-corrected chi connectivity index (χ3v) is 4.26. The molecule has 1 fully saturated rings. The van der Waals surface area contributed by atoms with E-state index in [1.807, 2.05) is 12.1 Å². The SMILES string of the molecule is ClCC1(Cc2ccc(Cl)cc2)CCCC1. The zero-order valence-corrected chi connectivity index (χ0v) is 10.3. The Morgan fingerprint density at radius 3 is 2.20 bits per heavy atom. The highest BCUT2D eigenvalue weighted by Gasteiger charge is 2.32. The Morgan fingerprint density at radius 1 is 1.07 bits per heavy atom. The first-order chi connectivity index (χ1) is 7.24. The molecular formula is C13H16Cl2. The minimum absolute atomic E-state index is 0.357. The Bertz CT molecular complexity index is 310. The van der Waals surface area contributed by atoms with Crippen molar-refractivity contribution in [3.63, 3.8) is 0 Å². The van der Waals surface area contributed by atoms with Crippen LogP contribution in [-0.4, -0.2) is 5.88 Å². The molecule has 1 saturated carbocycles. The molecule has 0 nitrogen and oxygen atoms in total. The molecule has 0 N–H and O–H groups in total. The van der Waals surface area contributed by atoms with Crippen molar-refractivity contribution in [3.05, 3.63) is 34.9 Å². The van der Waals surface area contributed by atoms with Crippen LogP contribution in [0.1, 0.15) is 31.2 Å². The summed E-state index contributed by atoms with van der Waals surface area (Å²) in [5.41, 5.74) is 1.72. The zero-order valence-electron chi connectivity index (χ0n) is 8.81. The van der Waals surface area contributed by atoms with E-state index in [0.717, 1.165) is 17.3 Å². The lowest BCUT2D eigenvalue weighted by Crippen LogP contribution is -2.21. The minimum atomic E-state index is 0.357. The van der Waals surface area contributed by atoms with E-state index in [4.69, 9.17) is 23.2 Å². The van der Waals surface area contributed by atoms with Crippen LogP contribution < -0.4 is 0 Å². The van der Waals surface area contributed by atoms with Crippen LogP contribution in [0.4, 0.5) is 0 Å². The molecule has 0 atom stereocenters. The van der Waals surface area contributed by atoms with E-state index in [2.05, 4.69) is 12.1 Å². The van der Waals surface area contributed by atoms with E-state index in [-0.39, 0.29) is 0 Å². The average Bonchev–Trinajstić information content (AvgIpc) is 2.71. The van der Waals surface area contributed by atoms with Crippen LogP contribution in [0.15, 0.2) is 24.3 Å². The highest BCUT2D eigenvalue weighted by atomic mass is 35.5. The fraction of sp³-hybridized carbons (Fsp3) is 0.538. The summed E-state index contributed by atoms with van der Waals surface area (Å²) in [4.78, 5) is 0. The van der Waals surface area contributed by atoms with Crippen LogP contribution in [0.2, 0.25) is 5.02 Å². The number of alkyl halides is 1. The zero-order chi connectivity index (χ0) is 10.7. The van der Waals surface area contributed by atoms with Gasteiger partial charge < -0.3 is 0 Å². The molecule has 1 aromatic carbocycles. The van der Waals surface area contributed by atoms with Gasteiger partial charge in [0.15, 0.2) is 0 Å². The topological polar surface area (TPSA) is 0 Å². The summed E-state index contributed by atoms with van der Waals surface area (Å²) in [7, 11) is 0. The predicted octanol–water partition coefficient (Wildman–Crippen LogP) is 4.68. The average molecular weight is 243 g/mol. The van der Waals surface area contributed by atoms with Crippen molar-refractivity contribution < 1.29 is 0 Å². The monoisotopic (exact) mass is 242 g/mol. The quantitative estimate of drug-likeness (QED) is 0.676. The highest BCUT2D eigenvalue weighted by Crippen LogP contribution is 2.41. The van der Waals surface area contributed by atoms with E-state index in [9.17, 15) is 0 Å². The Balaban J connectivity index is 2.09. The van der Waals surface area contributed by atoms with Crippen molar-refractivity contribution >= 4 is 23.2 Å². The molecule has 82 valence electrons. The molecular weight excluding hydrogens is 227 g/mol. The Labute approximate surface area is 102 Å². The van der Waals surface area contributed by atoms with Gasteiger partial charge in [-0.3, -0.25) is 0 Å². The standard InChI is InChI=1S/C13H16Cl2/c14-10-13(7-1-2-8-13)9-11-3-5-12(15)6-4-11/h3-6H,1-2,7-10H2. The molecule has 1 aliphatic rings. The summed E-state index contributed by atoms with van der Waals surface area (Å²) >= 11 is 12.0. The third kappa shape index (κ3) is 2.68. The van der Waals surface area contributed by atoms with Crippen LogP contribution in [0.5, 0.6) is 0 Å². The molecule has 2 rings (SSSR count). The maximum atomic E-state index is 6.12. The van der Waals surface area contributed by atoms with E-state index in [1.165, 1.54) is 31.2 Å². The van der Waals surface area contributed by atoms with Gasteiger partial charge in [0.2, 0.25) is 0 Å². The predicted molar refractivity (Wildman–Crippen MR) is 66.8 cm³/mol. The molecule has 0 heterocycles. The molecule has 0 unspecified atom stereocenters. The van der Waals surface area contributed by atoms with Gasteiger partial charge in [-0.1, -0.05) is 36.6 Å². The number of benzene rings is 1. The van der Waals surface area contributed by atoms with Gasteiger partial charge >= 0.3 is 0 Å². The molecule has 0 aliphatic heterocycles. The van der Waals surface area contributed by atoms with Crippen LogP contribution in [0, 0.1) is 5.41 Å². The third-order valence-electron chi connectivity index (χ3n) is 3.44. The van der Waals surface area contributed by atoms with Gasteiger partial charge in [0.05, 0.1) is 0 Å².